The van der Waals surface area contributed by atoms with Crippen LogP contribution in [0.25, 0.3) is 17.1 Å². The standard InChI is InChI=1S/C32H34AsClF3N9O3/c1-18-13-20(33)15-39-27(18)46-17-23(26(42-46)32(35,36)37)25-16-40-28(43(25)2)29(47)41-21-3-4-22(24(34)14-21)31(49)45-11-9-44(10-12-45)30(48)19-5-7-38-8-6-19/h3-4,13-17,19,38H,5-12,33H2,1-2H3,(H,41,47). The average molecular weight is 760 g/mol. The van der Waals surface area contributed by atoms with E-state index in [2.05, 4.69) is 25.7 Å². The first-order valence-corrected chi connectivity index (χ1v) is 17.2. The van der Waals surface area contributed by atoms with E-state index < -0.39 is 17.8 Å². The molecule has 2 aliphatic heterocycles. The first kappa shape index (κ1) is 34.7. The van der Waals surface area contributed by atoms with Gasteiger partial charge < -0.3 is 15.1 Å². The quantitative estimate of drug-likeness (QED) is 0.289. The number of benzene rings is 1. The number of hydrogen-bond donors (Lipinski definition) is 2. The van der Waals surface area contributed by atoms with Crippen molar-refractivity contribution in [1.29, 1.82) is 0 Å². The fourth-order valence-corrected chi connectivity index (χ4v) is 7.10. The summed E-state index contributed by atoms with van der Waals surface area (Å²) in [6.45, 7) is 5.04. The van der Waals surface area contributed by atoms with Crippen molar-refractivity contribution < 1.29 is 27.6 Å². The molecule has 1 atom stereocenters. The Morgan fingerprint density at radius 2 is 1.71 bits per heavy atom. The third-order valence-electron chi connectivity index (χ3n) is 8.76. The summed E-state index contributed by atoms with van der Waals surface area (Å²) in [6.07, 6.45) is 0.808. The number of alkyl halides is 3. The number of carbonyl (C=O) groups excluding carboxylic acids is 3. The molecule has 0 aliphatic carbocycles. The number of piperidine rings is 1. The van der Waals surface area contributed by atoms with Gasteiger partial charge in [0, 0.05) is 37.8 Å². The molecular weight excluding hydrogens is 726 g/mol. The van der Waals surface area contributed by atoms with E-state index in [1.807, 2.05) is 11.0 Å². The predicted molar refractivity (Wildman–Crippen MR) is 179 cm³/mol. The number of rotatable bonds is 6. The zero-order valence-corrected chi connectivity index (χ0v) is 29.9. The van der Waals surface area contributed by atoms with Crippen LogP contribution in [0.15, 0.2) is 42.9 Å². The van der Waals surface area contributed by atoms with E-state index in [1.54, 1.807) is 18.0 Å². The summed E-state index contributed by atoms with van der Waals surface area (Å²) in [5.74, 6) is -0.739. The molecule has 3 amide bonds. The van der Waals surface area contributed by atoms with Crippen molar-refractivity contribution in [2.24, 2.45) is 13.0 Å². The number of halogens is 4. The van der Waals surface area contributed by atoms with Crippen molar-refractivity contribution in [1.82, 2.24) is 39.4 Å². The number of imidazole rings is 1. The number of aromatic nitrogens is 5. The summed E-state index contributed by atoms with van der Waals surface area (Å²) in [5.41, 5.74) is -0.227. The molecule has 5 heterocycles. The number of carbonyl (C=O) groups is 3. The Balaban J connectivity index is 1.14. The molecule has 1 unspecified atom stereocenters. The van der Waals surface area contributed by atoms with E-state index in [9.17, 15) is 27.6 Å². The fraction of sp³-hybridized carbons (Fsp3) is 0.375. The molecule has 0 saturated carbocycles. The minimum atomic E-state index is -4.79. The number of pyridine rings is 1. The molecule has 6 rings (SSSR count). The second-order valence-corrected chi connectivity index (χ2v) is 13.9. The van der Waals surface area contributed by atoms with Gasteiger partial charge in [-0.05, 0) is 44.1 Å². The summed E-state index contributed by atoms with van der Waals surface area (Å²) in [5, 5.41) is 9.84. The maximum atomic E-state index is 14.1. The molecule has 2 fully saturated rings. The van der Waals surface area contributed by atoms with Gasteiger partial charge in [0.2, 0.25) is 5.91 Å². The molecule has 49 heavy (non-hydrogen) atoms. The molecular formula is C32H34AsClF3N9O3. The van der Waals surface area contributed by atoms with Gasteiger partial charge in [-0.2, -0.15) is 0 Å². The van der Waals surface area contributed by atoms with Crippen LogP contribution in [0.4, 0.5) is 18.9 Å². The molecule has 4 aromatic rings. The van der Waals surface area contributed by atoms with Gasteiger partial charge in [0.15, 0.2) is 0 Å². The van der Waals surface area contributed by atoms with E-state index in [1.165, 1.54) is 59.1 Å². The molecule has 258 valence electrons. The summed E-state index contributed by atoms with van der Waals surface area (Å²) in [4.78, 5) is 51.3. The molecule has 2 N–H and O–H groups in total. The van der Waals surface area contributed by atoms with Crippen molar-refractivity contribution in [2.45, 2.75) is 25.9 Å². The van der Waals surface area contributed by atoms with Crippen molar-refractivity contribution in [3.63, 3.8) is 0 Å². The van der Waals surface area contributed by atoms with E-state index in [0.29, 0.717) is 31.7 Å². The Hall–Kier alpha value is -4.20. The Labute approximate surface area is 293 Å². The van der Waals surface area contributed by atoms with E-state index >= 15 is 0 Å². The maximum absolute atomic E-state index is 14.1. The average Bonchev–Trinajstić information content (AvgIpc) is 3.68. The van der Waals surface area contributed by atoms with Crippen LogP contribution >= 0.6 is 11.6 Å². The monoisotopic (exact) mass is 759 g/mol. The van der Waals surface area contributed by atoms with Crippen LogP contribution in [-0.4, -0.2) is 108 Å². The third kappa shape index (κ3) is 7.24. The van der Waals surface area contributed by atoms with Crippen molar-refractivity contribution in [3.05, 3.63) is 70.5 Å². The molecule has 2 saturated heterocycles. The van der Waals surface area contributed by atoms with Gasteiger partial charge in [-0.25, -0.2) is 0 Å². The van der Waals surface area contributed by atoms with E-state index in [0.717, 1.165) is 35.0 Å². The Morgan fingerprint density at radius 1 is 1.02 bits per heavy atom. The van der Waals surface area contributed by atoms with Crippen molar-refractivity contribution in [2.75, 3.05) is 44.6 Å². The molecule has 12 nitrogen and oxygen atoms in total. The predicted octanol–water partition coefficient (Wildman–Crippen LogP) is 2.44. The van der Waals surface area contributed by atoms with Crippen LogP contribution in [0.3, 0.4) is 0 Å². The van der Waals surface area contributed by atoms with Crippen molar-refractivity contribution in [3.8, 4) is 17.1 Å². The second kappa shape index (κ2) is 14.0. The van der Waals surface area contributed by atoms with Crippen LogP contribution < -0.4 is 15.0 Å². The summed E-state index contributed by atoms with van der Waals surface area (Å²) in [6, 6.07) is 6.26. The molecule has 3 aromatic heterocycles. The summed E-state index contributed by atoms with van der Waals surface area (Å²) in [7, 11) is 1.43. The van der Waals surface area contributed by atoms with Crippen LogP contribution in [0.1, 0.15) is 45.1 Å². The van der Waals surface area contributed by atoms with E-state index in [4.69, 9.17) is 11.6 Å². The Kier molecular flexibility index (Phi) is 9.88. The first-order valence-electron chi connectivity index (χ1n) is 15.6. The van der Waals surface area contributed by atoms with Crippen molar-refractivity contribution >= 4 is 56.2 Å². The number of anilines is 1. The second-order valence-electron chi connectivity index (χ2n) is 12.1. The Morgan fingerprint density at radius 3 is 2.37 bits per heavy atom. The zero-order valence-electron chi connectivity index (χ0n) is 26.7. The topological polar surface area (TPSA) is 130 Å². The van der Waals surface area contributed by atoms with Gasteiger partial charge in [-0.15, -0.1) is 0 Å². The van der Waals surface area contributed by atoms with Gasteiger partial charge in [-0.1, -0.05) is 11.6 Å². The Bertz CT molecular complexity index is 1910. The zero-order chi connectivity index (χ0) is 35.0. The number of piperazine rings is 1. The van der Waals surface area contributed by atoms with Gasteiger partial charge in [0.25, 0.3) is 5.91 Å². The molecule has 0 bridgehead atoms. The summed E-state index contributed by atoms with van der Waals surface area (Å²) < 4.78 is 45.6. The number of nitrogens with zero attached hydrogens (tertiary/aromatic N) is 7. The van der Waals surface area contributed by atoms with Gasteiger partial charge >= 0.3 is 154 Å². The van der Waals surface area contributed by atoms with Crippen LogP contribution in [0, 0.1) is 12.8 Å². The number of nitrogens with one attached hydrogen (secondary N) is 2. The fourth-order valence-electron chi connectivity index (χ4n) is 6.16. The van der Waals surface area contributed by atoms with Crippen LogP contribution in [0.2, 0.25) is 5.02 Å². The molecule has 2 aliphatic rings. The first-order chi connectivity index (χ1) is 23.3. The van der Waals surface area contributed by atoms with Gasteiger partial charge in [0.1, 0.15) is 0 Å². The number of amides is 3. The minimum absolute atomic E-state index is 0.0147. The molecule has 0 spiro atoms. The van der Waals surface area contributed by atoms with Crippen LogP contribution in [-0.2, 0) is 18.0 Å². The number of hydrogen-bond acceptors (Lipinski definition) is 7. The van der Waals surface area contributed by atoms with Gasteiger partial charge in [-0.3, -0.25) is 9.59 Å². The van der Waals surface area contributed by atoms with Gasteiger partial charge in [0.05, 0.1) is 10.6 Å². The SMILES string of the molecule is Cc1cc([AsH2])cnc1-n1cc(-c2cnc(C(=O)Nc3ccc(C(=O)N4CCN(C(=O)C5CCNCC5)CC4)c(Cl)c3)n2C)c(C(F)(F)F)n1. The third-order valence-corrected chi connectivity index (χ3v) is 9.74. The molecule has 1 aromatic carbocycles. The number of aryl methyl sites for hydroxylation is 1. The van der Waals surface area contributed by atoms with Crippen LogP contribution in [0.5, 0.6) is 0 Å². The van der Waals surface area contributed by atoms with E-state index in [-0.39, 0.29) is 56.9 Å². The summed E-state index contributed by atoms with van der Waals surface area (Å²) >= 11 is 7.83. The molecule has 17 heteroatoms. The molecule has 0 radical (unpaired) electrons. The normalized spacial score (nSPS) is 15.8.